The molecule has 0 unspecified atom stereocenters. The van der Waals surface area contributed by atoms with Crippen molar-refractivity contribution in [1.82, 2.24) is 0 Å². The van der Waals surface area contributed by atoms with Gasteiger partial charge in [0.25, 0.3) is 0 Å². The molecule has 0 N–H and O–H groups in total. The van der Waals surface area contributed by atoms with E-state index >= 15 is 0 Å². The van der Waals surface area contributed by atoms with Gasteiger partial charge in [0.05, 0.1) is 39.2 Å². The van der Waals surface area contributed by atoms with Crippen LogP contribution in [0.25, 0.3) is 10.8 Å². The molecular weight excluding hydrogens is 348 g/mol. The minimum Gasteiger partial charge on any atom is -0.496 e. The summed E-state index contributed by atoms with van der Waals surface area (Å²) in [7, 11) is 4.91. The van der Waals surface area contributed by atoms with Crippen molar-refractivity contribution >= 4 is 16.7 Å². The first-order chi connectivity index (χ1) is 13.1. The molecule has 2 heterocycles. The van der Waals surface area contributed by atoms with E-state index in [4.69, 9.17) is 23.7 Å². The second-order valence-electron chi connectivity index (χ2n) is 6.84. The molecule has 6 heteroatoms. The van der Waals surface area contributed by atoms with Crippen LogP contribution in [0.4, 0.5) is 0 Å². The maximum absolute atomic E-state index is 12.0. The van der Waals surface area contributed by atoms with Crippen LogP contribution < -0.4 is 14.2 Å². The lowest BCUT2D eigenvalue weighted by Crippen LogP contribution is -2.29. The molecule has 2 aromatic carbocycles. The molecule has 0 aliphatic carbocycles. The summed E-state index contributed by atoms with van der Waals surface area (Å²) in [4.78, 5) is 12.0. The minimum absolute atomic E-state index is 0.195. The number of methoxy groups -OCH3 is 3. The van der Waals surface area contributed by atoms with E-state index in [1.54, 1.807) is 21.3 Å². The maximum atomic E-state index is 12.0. The van der Waals surface area contributed by atoms with E-state index in [0.29, 0.717) is 17.2 Å². The highest BCUT2D eigenvalue weighted by Crippen LogP contribution is 2.56. The molecule has 1 saturated heterocycles. The van der Waals surface area contributed by atoms with Crippen LogP contribution in [-0.4, -0.2) is 33.4 Å². The van der Waals surface area contributed by atoms with Gasteiger partial charge in [-0.05, 0) is 12.5 Å². The number of esters is 1. The zero-order valence-corrected chi connectivity index (χ0v) is 16.0. The number of hydrogen-bond acceptors (Lipinski definition) is 6. The average molecular weight is 372 g/mol. The Kier molecular flexibility index (Phi) is 4.60. The van der Waals surface area contributed by atoms with Gasteiger partial charge in [0.2, 0.25) is 0 Å². The van der Waals surface area contributed by atoms with Gasteiger partial charge in [0.1, 0.15) is 23.4 Å². The van der Waals surface area contributed by atoms with E-state index in [1.165, 1.54) is 0 Å². The van der Waals surface area contributed by atoms with E-state index in [2.05, 4.69) is 6.92 Å². The summed E-state index contributed by atoms with van der Waals surface area (Å²) in [5.74, 6) is 1.83. The summed E-state index contributed by atoms with van der Waals surface area (Å²) in [6, 6.07) is 5.78. The molecule has 4 rings (SSSR count). The van der Waals surface area contributed by atoms with Crippen molar-refractivity contribution in [3.05, 3.63) is 29.3 Å². The number of fused-ring (bicyclic) bond motifs is 4. The van der Waals surface area contributed by atoms with Gasteiger partial charge in [-0.2, -0.15) is 0 Å². The fraction of sp³-hybridized carbons (Fsp3) is 0.476. The van der Waals surface area contributed by atoms with Gasteiger partial charge in [0, 0.05) is 16.5 Å². The van der Waals surface area contributed by atoms with Crippen LogP contribution in [0.2, 0.25) is 0 Å². The zero-order valence-electron chi connectivity index (χ0n) is 16.0. The molecule has 144 valence electrons. The average Bonchev–Trinajstić information content (AvgIpc) is 3.05. The maximum Gasteiger partial charge on any atom is 0.309 e. The molecule has 0 saturated carbocycles. The first-order valence-electron chi connectivity index (χ1n) is 9.23. The topological polar surface area (TPSA) is 63.2 Å². The highest BCUT2D eigenvalue weighted by atomic mass is 16.6. The Hall–Kier alpha value is -2.47. The Bertz CT molecular complexity index is 890. The van der Waals surface area contributed by atoms with Crippen LogP contribution in [0.5, 0.6) is 17.2 Å². The molecule has 0 bridgehead atoms. The highest BCUT2D eigenvalue weighted by Gasteiger charge is 2.47. The summed E-state index contributed by atoms with van der Waals surface area (Å²) < 4.78 is 29.2. The van der Waals surface area contributed by atoms with Crippen LogP contribution in [0.1, 0.15) is 49.5 Å². The molecule has 2 aliphatic heterocycles. The van der Waals surface area contributed by atoms with Crippen molar-refractivity contribution in [3.8, 4) is 17.2 Å². The van der Waals surface area contributed by atoms with Crippen LogP contribution >= 0.6 is 0 Å². The molecule has 6 nitrogen and oxygen atoms in total. The fourth-order valence-electron chi connectivity index (χ4n) is 4.34. The van der Waals surface area contributed by atoms with Crippen molar-refractivity contribution in [2.75, 3.05) is 21.3 Å². The van der Waals surface area contributed by atoms with E-state index in [0.717, 1.165) is 34.7 Å². The third-order valence-electron chi connectivity index (χ3n) is 5.37. The third-order valence-corrected chi connectivity index (χ3v) is 5.37. The predicted octanol–water partition coefficient (Wildman–Crippen LogP) is 4.09. The smallest absolute Gasteiger partial charge is 0.309 e. The van der Waals surface area contributed by atoms with E-state index in [9.17, 15) is 4.79 Å². The third kappa shape index (κ3) is 2.62. The van der Waals surface area contributed by atoms with Gasteiger partial charge in [-0.25, -0.2) is 0 Å². The molecule has 2 aromatic rings. The Morgan fingerprint density at radius 2 is 1.85 bits per heavy atom. The van der Waals surface area contributed by atoms with Gasteiger partial charge in [0.15, 0.2) is 6.10 Å². The Balaban J connectivity index is 2.11. The molecule has 1 fully saturated rings. The standard InChI is InChI=1S/C21H24O6/c1-5-7-13-17-18(20-14(26-13)10-15(22)27-20)19(24-3)11-8-6-9-12(23-2)16(11)21(17)25-4/h6,8-9,13-14,20H,5,7,10H2,1-4H3/t13-,14-,20+/m1/s1. The first kappa shape index (κ1) is 17.9. The van der Waals surface area contributed by atoms with Crippen molar-refractivity contribution in [3.63, 3.8) is 0 Å². The number of carbonyl (C=O) groups is 1. The minimum atomic E-state index is -0.486. The molecular formula is C21H24O6. The summed E-state index contributed by atoms with van der Waals surface area (Å²) >= 11 is 0. The lowest BCUT2D eigenvalue weighted by Gasteiger charge is -2.36. The Labute approximate surface area is 158 Å². The van der Waals surface area contributed by atoms with Crippen molar-refractivity contribution in [1.29, 1.82) is 0 Å². The lowest BCUT2D eigenvalue weighted by atomic mass is 9.85. The number of carbonyl (C=O) groups excluding carboxylic acids is 1. The van der Waals surface area contributed by atoms with Crippen LogP contribution in [0.3, 0.4) is 0 Å². The molecule has 0 aromatic heterocycles. The SMILES string of the molecule is CCC[C@H]1O[C@@H]2CC(=O)O[C@@H]2c2c1c(OC)c1c(OC)cccc1c2OC. The van der Waals surface area contributed by atoms with Gasteiger partial charge in [-0.3, -0.25) is 4.79 Å². The number of ether oxygens (including phenoxy) is 5. The van der Waals surface area contributed by atoms with Gasteiger partial charge in [-0.15, -0.1) is 0 Å². The number of benzene rings is 2. The fourth-order valence-corrected chi connectivity index (χ4v) is 4.34. The summed E-state index contributed by atoms with van der Waals surface area (Å²) in [6.45, 7) is 2.11. The number of rotatable bonds is 5. The summed E-state index contributed by atoms with van der Waals surface area (Å²) in [6.07, 6.45) is 1.02. The molecule has 2 aliphatic rings. The second kappa shape index (κ2) is 6.93. The second-order valence-corrected chi connectivity index (χ2v) is 6.84. The van der Waals surface area contributed by atoms with Crippen molar-refractivity contribution in [2.45, 2.75) is 44.5 Å². The van der Waals surface area contributed by atoms with Crippen LogP contribution in [-0.2, 0) is 14.3 Å². The molecule has 0 spiro atoms. The first-order valence-corrected chi connectivity index (χ1v) is 9.23. The Morgan fingerprint density at radius 1 is 1.07 bits per heavy atom. The van der Waals surface area contributed by atoms with E-state index in [-0.39, 0.29) is 24.6 Å². The highest BCUT2D eigenvalue weighted by molar-refractivity contribution is 6.01. The predicted molar refractivity (Wildman–Crippen MR) is 99.6 cm³/mol. The Morgan fingerprint density at radius 3 is 2.52 bits per heavy atom. The molecule has 0 radical (unpaired) electrons. The normalized spacial score (nSPS) is 23.6. The van der Waals surface area contributed by atoms with Gasteiger partial charge in [-0.1, -0.05) is 25.5 Å². The zero-order chi connectivity index (χ0) is 19.1. The molecule has 0 amide bonds. The van der Waals surface area contributed by atoms with E-state index in [1.807, 2.05) is 18.2 Å². The van der Waals surface area contributed by atoms with Gasteiger partial charge >= 0.3 is 5.97 Å². The lowest BCUT2D eigenvalue weighted by molar-refractivity contribution is -0.143. The molecule has 3 atom stereocenters. The quantitative estimate of drug-likeness (QED) is 0.737. The monoisotopic (exact) mass is 372 g/mol. The summed E-state index contributed by atoms with van der Waals surface area (Å²) in [5, 5.41) is 1.71. The van der Waals surface area contributed by atoms with Crippen LogP contribution in [0, 0.1) is 0 Å². The summed E-state index contributed by atoms with van der Waals surface area (Å²) in [5.41, 5.74) is 1.75. The van der Waals surface area contributed by atoms with Crippen molar-refractivity contribution in [2.24, 2.45) is 0 Å². The number of hydrogen-bond donors (Lipinski definition) is 0. The largest absolute Gasteiger partial charge is 0.496 e. The van der Waals surface area contributed by atoms with Crippen molar-refractivity contribution < 1.29 is 28.5 Å². The molecule has 27 heavy (non-hydrogen) atoms. The van der Waals surface area contributed by atoms with Gasteiger partial charge < -0.3 is 23.7 Å². The van der Waals surface area contributed by atoms with Crippen LogP contribution in [0.15, 0.2) is 18.2 Å². The van der Waals surface area contributed by atoms with E-state index < -0.39 is 6.10 Å².